The Morgan fingerprint density at radius 1 is 1.15 bits per heavy atom. The van der Waals surface area contributed by atoms with Crippen LogP contribution in [0.15, 0.2) is 18.2 Å². The Morgan fingerprint density at radius 2 is 1.88 bits per heavy atom. The van der Waals surface area contributed by atoms with Crippen LogP contribution in [0, 0.1) is 0 Å². The molecule has 1 heterocycles. The van der Waals surface area contributed by atoms with Gasteiger partial charge >= 0.3 is 5.97 Å². The lowest BCUT2D eigenvalue weighted by Crippen LogP contribution is -2.20. The molecule has 2 aromatic rings. The normalized spacial score (nSPS) is 14.0. The molecule has 0 unspecified atom stereocenters. The average molecular weight is 359 g/mol. The largest absolute Gasteiger partial charge is 0.465 e. The smallest absolute Gasteiger partial charge is 0.337 e. The molecular weight excluding hydrogens is 330 g/mol. The van der Waals surface area contributed by atoms with Crippen molar-refractivity contribution in [3.05, 3.63) is 35.0 Å². The Labute approximate surface area is 155 Å². The van der Waals surface area contributed by atoms with E-state index in [9.17, 15) is 4.79 Å². The van der Waals surface area contributed by atoms with Gasteiger partial charge in [0.2, 0.25) is 0 Å². The Morgan fingerprint density at radius 3 is 2.58 bits per heavy atom. The first-order valence-corrected chi connectivity index (χ1v) is 9.65. The summed E-state index contributed by atoms with van der Waals surface area (Å²) in [6, 6.07) is 5.90. The summed E-state index contributed by atoms with van der Waals surface area (Å²) in [5.74, 6) is -0.281. The number of benzene rings is 1. The van der Waals surface area contributed by atoms with E-state index in [2.05, 4.69) is 10.6 Å². The van der Waals surface area contributed by atoms with Gasteiger partial charge in [0.15, 0.2) is 6.29 Å². The number of esters is 1. The third kappa shape index (κ3) is 3.79. The van der Waals surface area contributed by atoms with Gasteiger partial charge in [0.1, 0.15) is 0 Å². The van der Waals surface area contributed by atoms with E-state index in [-0.39, 0.29) is 12.3 Å². The summed E-state index contributed by atoms with van der Waals surface area (Å²) in [5, 5.41) is 1.19. The van der Waals surface area contributed by atoms with Gasteiger partial charge < -0.3 is 18.8 Å². The summed E-state index contributed by atoms with van der Waals surface area (Å²) < 4.78 is 18.7. The van der Waals surface area contributed by atoms with Crippen molar-refractivity contribution in [2.24, 2.45) is 0 Å². The van der Waals surface area contributed by atoms with Crippen LogP contribution >= 0.6 is 0 Å². The van der Waals surface area contributed by atoms with Crippen LogP contribution in [0.5, 0.6) is 0 Å². The molecule has 0 saturated heterocycles. The number of nitrogens with zero attached hydrogens (tertiary/aromatic N) is 1. The number of aromatic nitrogens is 1. The van der Waals surface area contributed by atoms with Gasteiger partial charge in [-0.15, -0.1) is 0 Å². The fraction of sp³-hybridized carbons (Fsp3) is 0.571. The molecule has 26 heavy (non-hydrogen) atoms. The van der Waals surface area contributed by atoms with Crippen molar-refractivity contribution >= 4 is 16.9 Å². The lowest BCUT2D eigenvalue weighted by Gasteiger charge is -2.20. The predicted octanol–water partition coefficient (Wildman–Crippen LogP) is 4.10. The molecule has 3 rings (SSSR count). The molecule has 0 atom stereocenters. The van der Waals surface area contributed by atoms with Gasteiger partial charge in [-0.1, -0.05) is 0 Å². The Balaban J connectivity index is 1.95. The first-order chi connectivity index (χ1) is 12.7. The van der Waals surface area contributed by atoms with Gasteiger partial charge in [-0.3, -0.25) is 0 Å². The quantitative estimate of drug-likeness (QED) is 0.526. The number of rotatable bonds is 8. The second-order valence-electron chi connectivity index (χ2n) is 6.64. The molecule has 1 aliphatic carbocycles. The minimum Gasteiger partial charge on any atom is -0.465 e. The maximum Gasteiger partial charge on any atom is 0.337 e. The number of hydrogen-bond acceptors (Lipinski definition) is 4. The molecule has 5 nitrogen and oxygen atoms in total. The zero-order chi connectivity index (χ0) is 18.5. The monoisotopic (exact) mass is 359 g/mol. The first kappa shape index (κ1) is 18.9. The highest BCUT2D eigenvalue weighted by atomic mass is 16.7. The number of fused-ring (bicyclic) bond motifs is 3. The van der Waals surface area contributed by atoms with Crippen LogP contribution in [-0.4, -0.2) is 37.1 Å². The van der Waals surface area contributed by atoms with Gasteiger partial charge in [-0.05, 0) is 63.3 Å². The molecular formula is C21H29NO4. The van der Waals surface area contributed by atoms with E-state index in [0.717, 1.165) is 25.8 Å². The number of carbonyl (C=O) groups excluding carboxylic acids is 1. The SMILES string of the molecule is CCOC(CCn1c2c(c3cc(C(=O)OC)ccc31)CCCC2)OCC. The third-order valence-corrected chi connectivity index (χ3v) is 5.09. The Bertz CT molecular complexity index is 759. The topological polar surface area (TPSA) is 49.7 Å². The molecule has 0 fully saturated rings. The molecule has 0 N–H and O–H groups in total. The molecule has 0 amide bonds. The molecule has 5 heteroatoms. The van der Waals surface area contributed by atoms with Gasteiger partial charge in [0.05, 0.1) is 12.7 Å². The number of methoxy groups -OCH3 is 1. The maximum absolute atomic E-state index is 11.9. The van der Waals surface area contributed by atoms with E-state index < -0.39 is 0 Å². The Kier molecular flexibility index (Phi) is 6.33. The highest BCUT2D eigenvalue weighted by Crippen LogP contribution is 2.33. The van der Waals surface area contributed by atoms with Crippen molar-refractivity contribution in [2.45, 2.75) is 58.8 Å². The van der Waals surface area contributed by atoms with E-state index in [1.807, 2.05) is 26.0 Å². The third-order valence-electron chi connectivity index (χ3n) is 5.09. The minimum absolute atomic E-state index is 0.170. The molecule has 0 spiro atoms. The standard InChI is InChI=1S/C21H29NO4/c1-4-25-20(26-5-2)12-13-22-18-9-7-6-8-16(18)17-14-15(21(23)24-3)10-11-19(17)22/h10-11,14,20H,4-9,12-13H2,1-3H3. The number of aryl methyl sites for hydroxylation is 2. The zero-order valence-electron chi connectivity index (χ0n) is 16.0. The summed E-state index contributed by atoms with van der Waals surface area (Å²) >= 11 is 0. The van der Waals surface area contributed by atoms with Crippen molar-refractivity contribution in [1.82, 2.24) is 4.57 Å². The van der Waals surface area contributed by atoms with Gasteiger partial charge in [0, 0.05) is 42.8 Å². The molecule has 1 aromatic heterocycles. The molecule has 1 aliphatic rings. The summed E-state index contributed by atoms with van der Waals surface area (Å²) in [6.07, 6.45) is 5.23. The molecule has 0 aliphatic heterocycles. The second kappa shape index (κ2) is 8.69. The van der Waals surface area contributed by atoms with Crippen molar-refractivity contribution in [2.75, 3.05) is 20.3 Å². The van der Waals surface area contributed by atoms with Crippen LogP contribution in [0.25, 0.3) is 10.9 Å². The molecule has 0 saturated carbocycles. The van der Waals surface area contributed by atoms with Crippen LogP contribution < -0.4 is 0 Å². The number of carbonyl (C=O) groups is 1. The lowest BCUT2D eigenvalue weighted by molar-refractivity contribution is -0.140. The summed E-state index contributed by atoms with van der Waals surface area (Å²) in [6.45, 7) is 6.14. The molecule has 0 bridgehead atoms. The van der Waals surface area contributed by atoms with E-state index in [1.165, 1.54) is 42.1 Å². The predicted molar refractivity (Wildman–Crippen MR) is 102 cm³/mol. The maximum atomic E-state index is 11.9. The number of ether oxygens (including phenoxy) is 3. The number of hydrogen-bond donors (Lipinski definition) is 0. The zero-order valence-corrected chi connectivity index (χ0v) is 16.0. The van der Waals surface area contributed by atoms with Gasteiger partial charge in [0.25, 0.3) is 0 Å². The summed E-state index contributed by atoms with van der Waals surface area (Å²) in [5.41, 5.74) is 4.60. The molecule has 142 valence electrons. The fourth-order valence-corrected chi connectivity index (χ4v) is 3.96. The van der Waals surface area contributed by atoms with E-state index in [4.69, 9.17) is 14.2 Å². The van der Waals surface area contributed by atoms with Crippen LogP contribution in [0.3, 0.4) is 0 Å². The first-order valence-electron chi connectivity index (χ1n) is 9.65. The molecule has 0 radical (unpaired) electrons. The highest BCUT2D eigenvalue weighted by Gasteiger charge is 2.22. The molecule has 1 aromatic carbocycles. The van der Waals surface area contributed by atoms with Crippen molar-refractivity contribution in [3.8, 4) is 0 Å². The minimum atomic E-state index is -0.281. The van der Waals surface area contributed by atoms with Gasteiger partial charge in [-0.25, -0.2) is 4.79 Å². The second-order valence-corrected chi connectivity index (χ2v) is 6.64. The van der Waals surface area contributed by atoms with E-state index in [1.54, 1.807) is 0 Å². The van der Waals surface area contributed by atoms with Gasteiger partial charge in [-0.2, -0.15) is 0 Å². The fourth-order valence-electron chi connectivity index (χ4n) is 3.96. The summed E-state index contributed by atoms with van der Waals surface area (Å²) in [4.78, 5) is 11.9. The van der Waals surface area contributed by atoms with Crippen LogP contribution in [0.1, 0.15) is 54.7 Å². The van der Waals surface area contributed by atoms with Crippen molar-refractivity contribution in [1.29, 1.82) is 0 Å². The van der Waals surface area contributed by atoms with Crippen LogP contribution in [0.2, 0.25) is 0 Å². The highest BCUT2D eigenvalue weighted by molar-refractivity contribution is 5.96. The van der Waals surface area contributed by atoms with E-state index in [0.29, 0.717) is 18.8 Å². The Hall–Kier alpha value is -1.85. The summed E-state index contributed by atoms with van der Waals surface area (Å²) in [7, 11) is 1.43. The van der Waals surface area contributed by atoms with Crippen LogP contribution in [-0.2, 0) is 33.6 Å². The van der Waals surface area contributed by atoms with Crippen molar-refractivity contribution < 1.29 is 19.0 Å². The average Bonchev–Trinajstić information content (AvgIpc) is 2.99. The lowest BCUT2D eigenvalue weighted by atomic mass is 9.95. The van der Waals surface area contributed by atoms with E-state index >= 15 is 0 Å². The van der Waals surface area contributed by atoms with Crippen LogP contribution in [0.4, 0.5) is 0 Å². The van der Waals surface area contributed by atoms with Crippen molar-refractivity contribution in [3.63, 3.8) is 0 Å².